The molecule has 2 N–H and O–H groups in total. The molecule has 0 saturated carbocycles. The van der Waals surface area contributed by atoms with E-state index < -0.39 is 6.04 Å². The van der Waals surface area contributed by atoms with E-state index in [2.05, 4.69) is 12.6 Å². The summed E-state index contributed by atoms with van der Waals surface area (Å²) >= 11 is 3.80. The van der Waals surface area contributed by atoms with Crippen molar-refractivity contribution in [2.75, 3.05) is 5.75 Å². The van der Waals surface area contributed by atoms with E-state index in [9.17, 15) is 4.79 Å². The standard InChI is InChI=1S/C3H8NOPS/c4-2(1-7)3(5)6/h2,7H,1,4,6H2/t2-/m0/s1. The quantitative estimate of drug-likeness (QED) is 0.403. The van der Waals surface area contributed by atoms with E-state index in [-0.39, 0.29) is 5.52 Å². The molecule has 2 atom stereocenters. The monoisotopic (exact) mass is 137 g/mol. The predicted molar refractivity (Wildman–Crippen MR) is 36.5 cm³/mol. The lowest BCUT2D eigenvalue weighted by atomic mass is 10.4. The van der Waals surface area contributed by atoms with E-state index in [4.69, 9.17) is 5.73 Å². The molecule has 0 heterocycles. The first kappa shape index (κ1) is 7.41. The fraction of sp³-hybridized carbons (Fsp3) is 0.667. The van der Waals surface area contributed by atoms with Crippen molar-refractivity contribution in [3.63, 3.8) is 0 Å². The number of hydrogen-bond acceptors (Lipinski definition) is 3. The third-order valence-electron chi connectivity index (χ3n) is 0.562. The molecule has 0 aliphatic carbocycles. The van der Waals surface area contributed by atoms with Crippen molar-refractivity contribution < 1.29 is 4.79 Å². The smallest absolute Gasteiger partial charge is 0.165 e. The molecule has 1 unspecified atom stereocenters. The van der Waals surface area contributed by atoms with Gasteiger partial charge in [-0.15, -0.1) is 0 Å². The molecular weight excluding hydrogens is 129 g/mol. The van der Waals surface area contributed by atoms with E-state index in [0.29, 0.717) is 5.75 Å². The Morgan fingerprint density at radius 3 is 2.43 bits per heavy atom. The molecule has 0 amide bonds. The van der Waals surface area contributed by atoms with E-state index in [1.54, 1.807) is 0 Å². The van der Waals surface area contributed by atoms with Crippen LogP contribution in [0.2, 0.25) is 0 Å². The molecule has 0 aromatic rings. The molecule has 0 aromatic carbocycles. The Bertz CT molecular complexity index is 77.3. The summed E-state index contributed by atoms with van der Waals surface area (Å²) in [4.78, 5) is 10.2. The van der Waals surface area contributed by atoms with Gasteiger partial charge in [-0.2, -0.15) is 12.6 Å². The molecule has 0 saturated heterocycles. The zero-order valence-electron chi connectivity index (χ0n) is 3.79. The van der Waals surface area contributed by atoms with E-state index in [0.717, 1.165) is 0 Å². The van der Waals surface area contributed by atoms with Crippen molar-refractivity contribution >= 4 is 27.4 Å². The number of rotatable bonds is 2. The first-order valence-corrected chi connectivity index (χ1v) is 3.05. The van der Waals surface area contributed by atoms with Crippen LogP contribution in [0.4, 0.5) is 0 Å². The third-order valence-corrected chi connectivity index (χ3v) is 1.38. The number of carbonyl (C=O) groups excluding carboxylic acids is 1. The van der Waals surface area contributed by atoms with Crippen molar-refractivity contribution in [1.82, 2.24) is 0 Å². The Morgan fingerprint density at radius 1 is 2.00 bits per heavy atom. The highest BCUT2D eigenvalue weighted by molar-refractivity contribution is 7.80. The van der Waals surface area contributed by atoms with Gasteiger partial charge in [0.2, 0.25) is 0 Å². The van der Waals surface area contributed by atoms with Gasteiger partial charge < -0.3 is 5.73 Å². The summed E-state index contributed by atoms with van der Waals surface area (Å²) in [5.41, 5.74) is 5.08. The molecule has 0 fully saturated rings. The zero-order valence-corrected chi connectivity index (χ0v) is 5.84. The Labute approximate surface area is 50.5 Å². The minimum absolute atomic E-state index is 0.0880. The molecule has 4 heteroatoms. The van der Waals surface area contributed by atoms with Crippen molar-refractivity contribution in [3.05, 3.63) is 0 Å². The second-order valence-corrected chi connectivity index (χ2v) is 2.13. The normalized spacial score (nSPS) is 13.6. The molecular formula is C3H8NOPS. The number of hydrogen-bond donors (Lipinski definition) is 2. The fourth-order valence-electron chi connectivity index (χ4n) is 0.0900. The maximum absolute atomic E-state index is 10.2. The Balaban J connectivity index is 3.34. The van der Waals surface area contributed by atoms with Gasteiger partial charge in [-0.25, -0.2) is 0 Å². The average molecular weight is 137 g/mol. The van der Waals surface area contributed by atoms with Crippen LogP contribution < -0.4 is 5.73 Å². The summed E-state index contributed by atoms with van der Waals surface area (Å²) in [6, 6.07) is -0.409. The van der Waals surface area contributed by atoms with Crippen molar-refractivity contribution in [1.29, 1.82) is 0 Å². The Kier molecular flexibility index (Phi) is 3.62. The fourth-order valence-corrected chi connectivity index (χ4v) is 0.586. The lowest BCUT2D eigenvalue weighted by Gasteiger charge is -1.98. The van der Waals surface area contributed by atoms with Crippen LogP contribution in [-0.4, -0.2) is 17.3 Å². The first-order chi connectivity index (χ1) is 3.18. The molecule has 0 aliphatic rings. The molecule has 0 radical (unpaired) electrons. The summed E-state index contributed by atoms with van der Waals surface area (Å²) in [5.74, 6) is 0.419. The number of thiol groups is 1. The van der Waals surface area contributed by atoms with Crippen LogP contribution in [0.1, 0.15) is 0 Å². The lowest BCUT2D eigenvalue weighted by Crippen LogP contribution is -2.27. The molecule has 0 aliphatic heterocycles. The molecule has 42 valence electrons. The van der Waals surface area contributed by atoms with Crippen LogP contribution >= 0.6 is 21.9 Å². The Hall–Kier alpha value is 0.410. The summed E-state index contributed by atoms with van der Waals surface area (Å²) in [7, 11) is 2.00. The Morgan fingerprint density at radius 2 is 2.43 bits per heavy atom. The highest BCUT2D eigenvalue weighted by atomic mass is 32.1. The maximum atomic E-state index is 10.2. The number of nitrogens with two attached hydrogens (primary N) is 1. The minimum Gasteiger partial charge on any atom is -0.321 e. The summed E-state index contributed by atoms with van der Waals surface area (Å²) in [6.07, 6.45) is 0. The topological polar surface area (TPSA) is 43.1 Å². The van der Waals surface area contributed by atoms with Crippen LogP contribution in [0, 0.1) is 0 Å². The van der Waals surface area contributed by atoms with Gasteiger partial charge in [0.05, 0.1) is 6.04 Å². The van der Waals surface area contributed by atoms with Crippen LogP contribution in [0.3, 0.4) is 0 Å². The van der Waals surface area contributed by atoms with Gasteiger partial charge in [0.15, 0.2) is 5.52 Å². The highest BCUT2D eigenvalue weighted by Gasteiger charge is 2.02. The average Bonchev–Trinajstić information content (AvgIpc) is 1.65. The second kappa shape index (κ2) is 3.42. The van der Waals surface area contributed by atoms with E-state index in [1.807, 2.05) is 9.24 Å². The van der Waals surface area contributed by atoms with Gasteiger partial charge in [0.25, 0.3) is 0 Å². The predicted octanol–water partition coefficient (Wildman–Crippen LogP) is -0.355. The molecule has 0 spiro atoms. The van der Waals surface area contributed by atoms with Crippen molar-refractivity contribution in [2.45, 2.75) is 6.04 Å². The van der Waals surface area contributed by atoms with Gasteiger partial charge in [-0.05, 0) is 0 Å². The lowest BCUT2D eigenvalue weighted by molar-refractivity contribution is -0.111. The van der Waals surface area contributed by atoms with Gasteiger partial charge in [0.1, 0.15) is 0 Å². The molecule has 0 bridgehead atoms. The summed E-state index contributed by atoms with van der Waals surface area (Å²) < 4.78 is 0. The SMILES string of the molecule is N[C@@H](CS)C(=O)P. The first-order valence-electron chi connectivity index (χ1n) is 1.84. The van der Waals surface area contributed by atoms with Crippen molar-refractivity contribution in [2.24, 2.45) is 5.73 Å². The second-order valence-electron chi connectivity index (χ2n) is 1.19. The molecule has 7 heavy (non-hydrogen) atoms. The van der Waals surface area contributed by atoms with Crippen LogP contribution in [-0.2, 0) is 4.79 Å². The third kappa shape index (κ3) is 3.03. The molecule has 2 nitrogen and oxygen atoms in total. The minimum atomic E-state index is -0.409. The molecule has 0 rings (SSSR count). The van der Waals surface area contributed by atoms with Crippen LogP contribution in [0.25, 0.3) is 0 Å². The van der Waals surface area contributed by atoms with Gasteiger partial charge in [-0.1, -0.05) is 9.24 Å². The molecule has 0 aromatic heterocycles. The highest BCUT2D eigenvalue weighted by Crippen LogP contribution is 1.91. The van der Waals surface area contributed by atoms with Crippen molar-refractivity contribution in [3.8, 4) is 0 Å². The van der Waals surface area contributed by atoms with Gasteiger partial charge in [0, 0.05) is 5.75 Å². The van der Waals surface area contributed by atoms with Gasteiger partial charge >= 0.3 is 0 Å². The largest absolute Gasteiger partial charge is 0.321 e. The van der Waals surface area contributed by atoms with E-state index in [1.165, 1.54) is 0 Å². The van der Waals surface area contributed by atoms with Gasteiger partial charge in [-0.3, -0.25) is 4.79 Å². The van der Waals surface area contributed by atoms with Crippen LogP contribution in [0.15, 0.2) is 0 Å². The summed E-state index contributed by atoms with van der Waals surface area (Å²) in [5, 5.41) is 0. The van der Waals surface area contributed by atoms with E-state index >= 15 is 0 Å². The van der Waals surface area contributed by atoms with Crippen LogP contribution in [0.5, 0.6) is 0 Å². The maximum Gasteiger partial charge on any atom is 0.165 e. The summed E-state index contributed by atoms with van der Waals surface area (Å²) in [6.45, 7) is 0. The number of carbonyl (C=O) groups is 1. The zero-order chi connectivity index (χ0) is 5.86.